The van der Waals surface area contributed by atoms with Gasteiger partial charge in [-0.15, -0.1) is 11.3 Å². The number of carbonyl (C=O) groups excluding carboxylic acids is 1. The van der Waals surface area contributed by atoms with Crippen LogP contribution in [-0.2, 0) is 22.6 Å². The number of benzene rings is 2. The fraction of sp³-hybridized carbons (Fsp3) is 0.355. The first-order valence-corrected chi connectivity index (χ1v) is 14.1. The van der Waals surface area contributed by atoms with E-state index >= 15 is 0 Å². The van der Waals surface area contributed by atoms with Gasteiger partial charge >= 0.3 is 0 Å². The maximum Gasteiger partial charge on any atom is 0.224 e. The molecular weight excluding hydrogens is 478 g/mol. The van der Waals surface area contributed by atoms with E-state index in [1.807, 2.05) is 42.5 Å². The molecule has 2 aromatic heterocycles. The predicted octanol–water partition coefficient (Wildman–Crippen LogP) is 6.38. The molecule has 1 amide bonds. The molecule has 192 valence electrons. The highest BCUT2D eigenvalue weighted by molar-refractivity contribution is 7.13. The molecule has 0 bridgehead atoms. The van der Waals surface area contributed by atoms with Crippen LogP contribution in [0.4, 0.5) is 0 Å². The Balaban J connectivity index is 1.48. The lowest BCUT2D eigenvalue weighted by Gasteiger charge is -2.22. The zero-order valence-corrected chi connectivity index (χ0v) is 22.5. The summed E-state index contributed by atoms with van der Waals surface area (Å²) in [4.78, 5) is 22.0. The monoisotopic (exact) mass is 513 g/mol. The Hall–Kier alpha value is -3.06. The van der Waals surface area contributed by atoms with Crippen LogP contribution in [0.15, 0.2) is 72.1 Å². The van der Waals surface area contributed by atoms with Crippen molar-refractivity contribution in [1.82, 2.24) is 15.2 Å². The van der Waals surface area contributed by atoms with Crippen LogP contribution in [0.2, 0.25) is 0 Å². The lowest BCUT2D eigenvalue weighted by Crippen LogP contribution is -2.30. The van der Waals surface area contributed by atoms with Crippen LogP contribution in [0.3, 0.4) is 0 Å². The van der Waals surface area contributed by atoms with Gasteiger partial charge in [-0.1, -0.05) is 61.5 Å². The Morgan fingerprint density at radius 2 is 1.92 bits per heavy atom. The lowest BCUT2D eigenvalue weighted by molar-refractivity contribution is -0.121. The van der Waals surface area contributed by atoms with E-state index in [2.05, 4.69) is 53.8 Å². The summed E-state index contributed by atoms with van der Waals surface area (Å²) in [6, 6.07) is 22.9. The zero-order chi connectivity index (χ0) is 25.6. The van der Waals surface area contributed by atoms with Crippen molar-refractivity contribution in [3.63, 3.8) is 0 Å². The molecule has 2 aromatic carbocycles. The molecule has 0 spiro atoms. The molecule has 1 N–H and O–H groups in total. The van der Waals surface area contributed by atoms with E-state index < -0.39 is 0 Å². The van der Waals surface area contributed by atoms with Gasteiger partial charge < -0.3 is 15.0 Å². The first-order chi connectivity index (χ1) is 18.1. The van der Waals surface area contributed by atoms with E-state index in [1.54, 1.807) is 11.3 Å². The molecule has 1 aliphatic heterocycles. The number of hydrogen-bond acceptors (Lipinski definition) is 5. The largest absolute Gasteiger partial charge is 0.375 e. The number of likely N-dealkylation sites (tertiary alicyclic amines) is 1. The Kier molecular flexibility index (Phi) is 8.29. The van der Waals surface area contributed by atoms with Gasteiger partial charge in [0.15, 0.2) is 0 Å². The number of amides is 1. The Bertz CT molecular complexity index is 1320. The van der Waals surface area contributed by atoms with Crippen LogP contribution in [0.1, 0.15) is 48.9 Å². The minimum Gasteiger partial charge on any atom is -0.375 e. The van der Waals surface area contributed by atoms with Crippen molar-refractivity contribution >= 4 is 28.1 Å². The number of fused-ring (bicyclic) bond motifs is 1. The van der Waals surface area contributed by atoms with Gasteiger partial charge in [0.05, 0.1) is 41.8 Å². The number of thiophene rings is 1. The molecule has 0 aliphatic carbocycles. The van der Waals surface area contributed by atoms with Gasteiger partial charge in [-0.25, -0.2) is 4.98 Å². The predicted molar refractivity (Wildman–Crippen MR) is 152 cm³/mol. The normalized spacial score (nSPS) is 16.8. The molecule has 4 aromatic rings. The minimum absolute atomic E-state index is 0.0148. The van der Waals surface area contributed by atoms with Crippen LogP contribution in [0.5, 0.6) is 0 Å². The summed E-state index contributed by atoms with van der Waals surface area (Å²) >= 11 is 1.67. The van der Waals surface area contributed by atoms with Gasteiger partial charge in [-0.3, -0.25) is 4.79 Å². The molecule has 37 heavy (non-hydrogen) atoms. The van der Waals surface area contributed by atoms with Crippen LogP contribution >= 0.6 is 11.3 Å². The van der Waals surface area contributed by atoms with Crippen molar-refractivity contribution in [2.24, 2.45) is 0 Å². The number of hydrogen-bond donors (Lipinski definition) is 1. The summed E-state index contributed by atoms with van der Waals surface area (Å²) in [6.07, 6.45) is 3.50. The van der Waals surface area contributed by atoms with E-state index in [9.17, 15) is 4.79 Å². The van der Waals surface area contributed by atoms with E-state index in [0.717, 1.165) is 57.6 Å². The lowest BCUT2D eigenvalue weighted by atomic mass is 9.96. The Labute approximate surface area is 223 Å². The van der Waals surface area contributed by atoms with Crippen molar-refractivity contribution in [3.05, 3.63) is 88.8 Å². The number of nitrogens with zero attached hydrogens (tertiary/aromatic N) is 2. The quantitative estimate of drug-likeness (QED) is 0.267. The highest BCUT2D eigenvalue weighted by atomic mass is 32.1. The highest BCUT2D eigenvalue weighted by Crippen LogP contribution is 2.34. The molecule has 6 heteroatoms. The first-order valence-electron chi connectivity index (χ1n) is 13.2. The SMILES string of the molecule is CC[C@H](NC(=O)Cc1c(COC[C@@H]2CCCN2C)c(-c2cccs2)nc2ccccc12)c1ccccc1. The molecule has 5 rings (SSSR count). The summed E-state index contributed by atoms with van der Waals surface area (Å²) in [5, 5.41) is 6.37. The number of pyridine rings is 1. The van der Waals surface area contributed by atoms with Crippen LogP contribution < -0.4 is 5.32 Å². The average Bonchev–Trinajstić information content (AvgIpc) is 3.61. The zero-order valence-electron chi connectivity index (χ0n) is 21.7. The third-order valence-electron chi connectivity index (χ3n) is 7.38. The number of likely N-dealkylation sites (N-methyl/N-ethyl adjacent to an activating group) is 1. The van der Waals surface area contributed by atoms with Crippen LogP contribution in [-0.4, -0.2) is 42.0 Å². The number of carbonyl (C=O) groups is 1. The second kappa shape index (κ2) is 12.0. The van der Waals surface area contributed by atoms with E-state index in [-0.39, 0.29) is 18.4 Å². The van der Waals surface area contributed by atoms with Crippen LogP contribution in [0.25, 0.3) is 21.5 Å². The maximum absolute atomic E-state index is 13.5. The molecule has 2 atom stereocenters. The smallest absolute Gasteiger partial charge is 0.224 e. The van der Waals surface area contributed by atoms with E-state index in [1.165, 1.54) is 6.42 Å². The van der Waals surface area contributed by atoms with Gasteiger partial charge in [0.1, 0.15) is 0 Å². The standard InChI is InChI=1S/C31H35N3O2S/c1-3-27(22-11-5-4-6-12-22)32-30(35)19-25-24-14-7-8-15-28(24)33-31(29-16-10-18-37-29)26(25)21-36-20-23-13-9-17-34(23)2/h4-8,10-12,14-16,18,23,27H,3,9,13,17,19-21H2,1-2H3,(H,32,35)/t23-,27-/m0/s1. The molecular formula is C31H35N3O2S. The number of nitrogens with one attached hydrogen (secondary N) is 1. The number of aromatic nitrogens is 1. The van der Waals surface area contributed by atoms with Gasteiger partial charge in [0.2, 0.25) is 5.91 Å². The summed E-state index contributed by atoms with van der Waals surface area (Å²) < 4.78 is 6.35. The Morgan fingerprint density at radius 3 is 2.65 bits per heavy atom. The summed E-state index contributed by atoms with van der Waals surface area (Å²) in [6.45, 7) is 4.35. The number of ether oxygens (including phenoxy) is 1. The summed E-state index contributed by atoms with van der Waals surface area (Å²) in [5.74, 6) is 0.0148. The fourth-order valence-electron chi connectivity index (χ4n) is 5.29. The number of rotatable bonds is 10. The van der Waals surface area contributed by atoms with Crippen LogP contribution in [0, 0.1) is 0 Å². The van der Waals surface area contributed by atoms with Gasteiger partial charge in [-0.05, 0) is 61.5 Å². The topological polar surface area (TPSA) is 54.5 Å². The molecule has 1 aliphatic rings. The third-order valence-corrected chi connectivity index (χ3v) is 8.25. The molecule has 3 heterocycles. The first kappa shape index (κ1) is 25.6. The minimum atomic E-state index is -0.0174. The molecule has 0 radical (unpaired) electrons. The van der Waals surface area contributed by atoms with Gasteiger partial charge in [0.25, 0.3) is 0 Å². The maximum atomic E-state index is 13.5. The van der Waals surface area contributed by atoms with Crippen molar-refractivity contribution in [1.29, 1.82) is 0 Å². The molecule has 0 unspecified atom stereocenters. The molecule has 0 saturated carbocycles. The summed E-state index contributed by atoms with van der Waals surface area (Å²) in [5.41, 5.74) is 4.98. The molecule has 1 fully saturated rings. The average molecular weight is 514 g/mol. The van der Waals surface area contributed by atoms with Gasteiger partial charge in [0, 0.05) is 17.0 Å². The highest BCUT2D eigenvalue weighted by Gasteiger charge is 2.24. The van der Waals surface area contributed by atoms with Gasteiger partial charge in [-0.2, -0.15) is 0 Å². The molecule has 5 nitrogen and oxygen atoms in total. The third kappa shape index (κ3) is 5.93. The van der Waals surface area contributed by atoms with Crippen molar-refractivity contribution < 1.29 is 9.53 Å². The van der Waals surface area contributed by atoms with E-state index in [4.69, 9.17) is 9.72 Å². The van der Waals surface area contributed by atoms with E-state index in [0.29, 0.717) is 19.3 Å². The fourth-order valence-corrected chi connectivity index (χ4v) is 6.03. The van der Waals surface area contributed by atoms with Crippen molar-refractivity contribution in [3.8, 4) is 10.6 Å². The molecule has 1 saturated heterocycles. The van der Waals surface area contributed by atoms with Crippen molar-refractivity contribution in [2.75, 3.05) is 20.2 Å². The second-order valence-corrected chi connectivity index (χ2v) is 10.8. The summed E-state index contributed by atoms with van der Waals surface area (Å²) in [7, 11) is 2.17. The Morgan fingerprint density at radius 1 is 1.11 bits per heavy atom. The number of para-hydroxylation sites is 1. The second-order valence-electron chi connectivity index (χ2n) is 9.82. The van der Waals surface area contributed by atoms with Crippen molar-refractivity contribution in [2.45, 2.75) is 51.3 Å².